The smallest absolute Gasteiger partial charge is 0.413 e. The fraction of sp³-hybridized carbons (Fsp3) is 0.500. The molecule has 0 radical (unpaired) electrons. The Labute approximate surface area is 182 Å². The van der Waals surface area contributed by atoms with E-state index in [0.29, 0.717) is 16.5 Å². The minimum atomic E-state index is -0.616. The Morgan fingerprint density at radius 2 is 1.90 bits per heavy atom. The Morgan fingerprint density at radius 3 is 2.50 bits per heavy atom. The third kappa shape index (κ3) is 4.61. The summed E-state index contributed by atoms with van der Waals surface area (Å²) in [5, 5.41) is 3.11. The fourth-order valence-corrected chi connectivity index (χ4v) is 3.86. The van der Waals surface area contributed by atoms with Crippen LogP contribution in [-0.2, 0) is 17.7 Å². The molecule has 2 aromatic rings. The van der Waals surface area contributed by atoms with Crippen LogP contribution in [0.25, 0.3) is 11.1 Å². The van der Waals surface area contributed by atoms with Crippen LogP contribution in [0.4, 0.5) is 10.6 Å². The van der Waals surface area contributed by atoms with E-state index < -0.39 is 11.7 Å². The maximum atomic E-state index is 12.8. The normalized spacial score (nSPS) is 14.9. The molecule has 2 amide bonds. The lowest BCUT2D eigenvalue weighted by Gasteiger charge is -2.19. The van der Waals surface area contributed by atoms with E-state index in [0.717, 1.165) is 29.8 Å². The standard InChI is InChI=1S/C22H29ClN4O3/c1-21(2,3)30-20(29)25-18-9-13(15(23)11-24-18)14-8-16(19(28)26(6)7)27-12-22(4,5)10-17(14)27/h8-9,11H,10,12H2,1-7H3,(H,24,25,29). The van der Waals surface area contributed by atoms with Crippen molar-refractivity contribution in [2.45, 2.75) is 53.2 Å². The number of carbonyl (C=O) groups is 2. The number of nitrogens with zero attached hydrogens (tertiary/aromatic N) is 3. The minimum Gasteiger partial charge on any atom is -0.444 e. The molecule has 1 aliphatic heterocycles. The Balaban J connectivity index is 2.03. The van der Waals surface area contributed by atoms with Crippen molar-refractivity contribution in [3.8, 4) is 11.1 Å². The van der Waals surface area contributed by atoms with Crippen molar-refractivity contribution >= 4 is 29.4 Å². The second-order valence-electron chi connectivity index (χ2n) is 9.69. The van der Waals surface area contributed by atoms with Gasteiger partial charge in [-0.05, 0) is 44.7 Å². The molecule has 0 fully saturated rings. The molecule has 30 heavy (non-hydrogen) atoms. The summed E-state index contributed by atoms with van der Waals surface area (Å²) in [6.07, 6.45) is 1.73. The molecule has 8 heteroatoms. The number of anilines is 1. The Hall–Kier alpha value is -2.54. The highest BCUT2D eigenvalue weighted by Gasteiger charge is 2.35. The van der Waals surface area contributed by atoms with Crippen molar-refractivity contribution in [2.75, 3.05) is 19.4 Å². The highest BCUT2D eigenvalue weighted by atomic mass is 35.5. The predicted octanol–water partition coefficient (Wildman–Crippen LogP) is 4.83. The van der Waals surface area contributed by atoms with Gasteiger partial charge in [-0.1, -0.05) is 25.4 Å². The number of pyridine rings is 1. The molecular formula is C22H29ClN4O3. The summed E-state index contributed by atoms with van der Waals surface area (Å²) in [6.45, 7) is 10.5. The van der Waals surface area contributed by atoms with Gasteiger partial charge in [0.25, 0.3) is 5.91 Å². The number of aromatic nitrogens is 2. The molecule has 0 aliphatic carbocycles. The molecule has 0 aromatic carbocycles. The average Bonchev–Trinajstić information content (AvgIpc) is 3.07. The first-order valence-electron chi connectivity index (χ1n) is 9.87. The molecule has 1 aliphatic rings. The summed E-state index contributed by atoms with van der Waals surface area (Å²) in [5.74, 6) is 0.277. The van der Waals surface area contributed by atoms with Gasteiger partial charge in [0, 0.05) is 43.7 Å². The second-order valence-corrected chi connectivity index (χ2v) is 10.1. The van der Waals surface area contributed by atoms with Crippen LogP contribution in [0.15, 0.2) is 18.3 Å². The Kier molecular flexibility index (Phi) is 5.62. The third-order valence-corrected chi connectivity index (χ3v) is 5.14. The zero-order valence-corrected chi connectivity index (χ0v) is 19.3. The zero-order chi connectivity index (χ0) is 22.4. The van der Waals surface area contributed by atoms with Crippen LogP contribution in [0.2, 0.25) is 5.02 Å². The first kappa shape index (κ1) is 22.2. The van der Waals surface area contributed by atoms with Gasteiger partial charge in [-0.25, -0.2) is 9.78 Å². The first-order valence-corrected chi connectivity index (χ1v) is 10.3. The molecule has 3 heterocycles. The number of carbonyl (C=O) groups excluding carboxylic acids is 2. The number of ether oxygens (including phenoxy) is 1. The van der Waals surface area contributed by atoms with Crippen molar-refractivity contribution < 1.29 is 14.3 Å². The second kappa shape index (κ2) is 7.61. The largest absolute Gasteiger partial charge is 0.444 e. The van der Waals surface area contributed by atoms with E-state index in [9.17, 15) is 9.59 Å². The van der Waals surface area contributed by atoms with Crippen molar-refractivity contribution in [2.24, 2.45) is 5.41 Å². The van der Waals surface area contributed by atoms with Crippen LogP contribution in [0.1, 0.15) is 50.8 Å². The molecule has 0 atom stereocenters. The van der Waals surface area contributed by atoms with E-state index in [4.69, 9.17) is 16.3 Å². The van der Waals surface area contributed by atoms with Gasteiger partial charge in [-0.3, -0.25) is 10.1 Å². The number of amides is 2. The van der Waals surface area contributed by atoms with E-state index in [1.165, 1.54) is 6.20 Å². The number of rotatable bonds is 3. The topological polar surface area (TPSA) is 76.5 Å². The van der Waals surface area contributed by atoms with E-state index in [2.05, 4.69) is 28.7 Å². The highest BCUT2D eigenvalue weighted by Crippen LogP contribution is 2.42. The van der Waals surface area contributed by atoms with Crippen molar-refractivity contribution in [3.05, 3.63) is 34.7 Å². The predicted molar refractivity (Wildman–Crippen MR) is 118 cm³/mol. The molecule has 3 rings (SSSR count). The van der Waals surface area contributed by atoms with Gasteiger partial charge in [0.2, 0.25) is 0 Å². The van der Waals surface area contributed by atoms with Gasteiger partial charge in [0.1, 0.15) is 17.1 Å². The molecule has 7 nitrogen and oxygen atoms in total. The Bertz CT molecular complexity index is 1000. The van der Waals surface area contributed by atoms with Crippen molar-refractivity contribution in [3.63, 3.8) is 0 Å². The first-order chi connectivity index (χ1) is 13.8. The molecule has 0 spiro atoms. The number of fused-ring (bicyclic) bond motifs is 1. The van der Waals surface area contributed by atoms with E-state index in [-0.39, 0.29) is 11.3 Å². The zero-order valence-electron chi connectivity index (χ0n) is 18.6. The van der Waals surface area contributed by atoms with Crippen LogP contribution in [-0.4, -0.2) is 46.1 Å². The van der Waals surface area contributed by atoms with Crippen LogP contribution < -0.4 is 5.32 Å². The van der Waals surface area contributed by atoms with Gasteiger partial charge in [0.05, 0.1) is 5.02 Å². The molecule has 0 saturated heterocycles. The molecule has 162 valence electrons. The van der Waals surface area contributed by atoms with Crippen LogP contribution in [0.5, 0.6) is 0 Å². The third-order valence-electron chi connectivity index (χ3n) is 4.84. The molecule has 0 bridgehead atoms. The average molecular weight is 433 g/mol. The SMILES string of the molecule is CN(C)C(=O)c1cc(-c2cc(NC(=O)OC(C)(C)C)ncc2Cl)c2n1CC(C)(C)C2. The van der Waals surface area contributed by atoms with Gasteiger partial charge in [-0.2, -0.15) is 0 Å². The summed E-state index contributed by atoms with van der Waals surface area (Å²) in [5.41, 5.74) is 2.70. The molecule has 1 N–H and O–H groups in total. The van der Waals surface area contributed by atoms with E-state index >= 15 is 0 Å². The minimum absolute atomic E-state index is 0.0315. The van der Waals surface area contributed by atoms with Gasteiger partial charge < -0.3 is 14.2 Å². The summed E-state index contributed by atoms with van der Waals surface area (Å²) >= 11 is 6.49. The van der Waals surface area contributed by atoms with Crippen LogP contribution in [0.3, 0.4) is 0 Å². The number of hydrogen-bond acceptors (Lipinski definition) is 4. The number of nitrogens with one attached hydrogen (secondary N) is 1. The molecule has 2 aromatic heterocycles. The van der Waals surface area contributed by atoms with Gasteiger partial charge in [0.15, 0.2) is 0 Å². The van der Waals surface area contributed by atoms with Crippen LogP contribution in [0, 0.1) is 5.41 Å². The van der Waals surface area contributed by atoms with Crippen molar-refractivity contribution in [1.29, 1.82) is 0 Å². The maximum Gasteiger partial charge on any atom is 0.413 e. The van der Waals surface area contributed by atoms with Gasteiger partial charge >= 0.3 is 6.09 Å². The highest BCUT2D eigenvalue weighted by molar-refractivity contribution is 6.33. The number of hydrogen-bond donors (Lipinski definition) is 1. The summed E-state index contributed by atoms with van der Waals surface area (Å²) in [7, 11) is 3.48. The van der Waals surface area contributed by atoms with Crippen molar-refractivity contribution in [1.82, 2.24) is 14.5 Å². The molecular weight excluding hydrogens is 404 g/mol. The molecule has 0 saturated carbocycles. The maximum absolute atomic E-state index is 12.8. The lowest BCUT2D eigenvalue weighted by molar-refractivity contribution is 0.0635. The van der Waals surface area contributed by atoms with Gasteiger partial charge in [-0.15, -0.1) is 0 Å². The van der Waals surface area contributed by atoms with E-state index in [1.54, 1.807) is 45.8 Å². The summed E-state index contributed by atoms with van der Waals surface area (Å²) in [6, 6.07) is 3.60. The monoisotopic (exact) mass is 432 g/mol. The molecule has 0 unspecified atom stereocenters. The van der Waals surface area contributed by atoms with Crippen LogP contribution >= 0.6 is 11.6 Å². The fourth-order valence-electron chi connectivity index (χ4n) is 3.66. The quantitative estimate of drug-likeness (QED) is 0.753. The Morgan fingerprint density at radius 1 is 1.23 bits per heavy atom. The number of halogens is 1. The lowest BCUT2D eigenvalue weighted by Crippen LogP contribution is -2.27. The summed E-state index contributed by atoms with van der Waals surface area (Å²) in [4.78, 5) is 30.7. The summed E-state index contributed by atoms with van der Waals surface area (Å²) < 4.78 is 7.38. The van der Waals surface area contributed by atoms with E-state index in [1.807, 2.05) is 6.07 Å². The lowest BCUT2D eigenvalue weighted by atomic mass is 9.89.